The van der Waals surface area contributed by atoms with Gasteiger partial charge < -0.3 is 25.4 Å². The number of nitrogens with one attached hydrogen (secondary N) is 1. The van der Waals surface area contributed by atoms with Crippen molar-refractivity contribution in [3.05, 3.63) is 84.2 Å². The third-order valence-electron chi connectivity index (χ3n) is 7.23. The van der Waals surface area contributed by atoms with Gasteiger partial charge in [0.1, 0.15) is 0 Å². The van der Waals surface area contributed by atoms with Crippen LogP contribution in [0.5, 0.6) is 0 Å². The Balaban J connectivity index is 1.23. The Morgan fingerprint density at radius 1 is 0.857 bits per heavy atom. The van der Waals surface area contributed by atoms with E-state index in [4.69, 9.17) is 18.0 Å². The van der Waals surface area contributed by atoms with Crippen molar-refractivity contribution in [2.45, 2.75) is 19.3 Å². The molecule has 3 heterocycles. The molecule has 0 unspecified atom stereocenters. The number of piperidine rings is 1. The van der Waals surface area contributed by atoms with Gasteiger partial charge in [0.15, 0.2) is 5.11 Å². The maximum atomic E-state index is 13.4. The van der Waals surface area contributed by atoms with Crippen LogP contribution in [-0.4, -0.2) is 57.5 Å². The van der Waals surface area contributed by atoms with Crippen LogP contribution in [0.4, 0.5) is 5.69 Å². The van der Waals surface area contributed by atoms with Crippen molar-refractivity contribution in [3.8, 4) is 5.69 Å². The van der Waals surface area contributed by atoms with Crippen LogP contribution < -0.4 is 11.1 Å². The molecular formula is C27H29N5O2S. The Kier molecular flexibility index (Phi) is 6.30. The Morgan fingerprint density at radius 2 is 1.54 bits per heavy atom. The molecule has 0 atom stereocenters. The molecule has 180 valence electrons. The molecule has 2 aromatic carbocycles. The molecule has 2 amide bonds. The van der Waals surface area contributed by atoms with Crippen molar-refractivity contribution in [1.29, 1.82) is 0 Å². The van der Waals surface area contributed by atoms with Crippen molar-refractivity contribution in [2.75, 3.05) is 31.5 Å². The number of carbonyl (C=O) groups excluding carboxylic acids is 2. The molecule has 3 N–H and O–H groups in total. The molecule has 5 rings (SSSR count). The molecule has 0 aliphatic carbocycles. The lowest BCUT2D eigenvalue weighted by molar-refractivity contribution is 0.0565. The number of para-hydroxylation sites is 1. The molecule has 35 heavy (non-hydrogen) atoms. The number of nitrogens with two attached hydrogens (primary N) is 1. The summed E-state index contributed by atoms with van der Waals surface area (Å²) in [6.45, 7) is 2.86. The van der Waals surface area contributed by atoms with Gasteiger partial charge in [-0.3, -0.25) is 9.59 Å². The summed E-state index contributed by atoms with van der Waals surface area (Å²) in [7, 11) is 0. The van der Waals surface area contributed by atoms with Gasteiger partial charge in [-0.1, -0.05) is 18.2 Å². The molecule has 0 saturated carbocycles. The second-order valence-corrected chi connectivity index (χ2v) is 9.89. The van der Waals surface area contributed by atoms with Crippen molar-refractivity contribution in [2.24, 2.45) is 11.1 Å². The molecule has 3 aromatic rings. The van der Waals surface area contributed by atoms with Gasteiger partial charge in [0.2, 0.25) is 0 Å². The number of amides is 2. The predicted molar refractivity (Wildman–Crippen MR) is 141 cm³/mol. The standard InChI is InChI=1S/C27H29N5O2S/c28-26(35)29-21-7-5-6-20(18-21)24(33)32-17-12-27(19-32)10-15-31(16-11-27)25(34)22-8-1-2-9-23(22)30-13-3-4-14-30/h1-9,13-14,18H,10-12,15-17,19H2,(H3,28,29,35). The zero-order valence-electron chi connectivity index (χ0n) is 19.5. The van der Waals surface area contributed by atoms with Gasteiger partial charge >= 0.3 is 0 Å². The van der Waals surface area contributed by atoms with E-state index in [1.54, 1.807) is 6.07 Å². The number of nitrogens with zero attached hydrogens (tertiary/aromatic N) is 3. The third kappa shape index (κ3) is 4.79. The van der Waals surface area contributed by atoms with Crippen LogP contribution in [0.15, 0.2) is 73.1 Å². The van der Waals surface area contributed by atoms with Crippen LogP contribution in [0.3, 0.4) is 0 Å². The maximum absolute atomic E-state index is 13.4. The summed E-state index contributed by atoms with van der Waals surface area (Å²) in [5, 5.41) is 3.06. The first-order valence-corrected chi connectivity index (χ1v) is 12.3. The normalized spacial score (nSPS) is 16.9. The fourth-order valence-electron chi connectivity index (χ4n) is 5.30. The van der Waals surface area contributed by atoms with Crippen LogP contribution in [0.25, 0.3) is 5.69 Å². The molecule has 8 heteroatoms. The highest BCUT2D eigenvalue weighted by molar-refractivity contribution is 7.80. The number of likely N-dealkylation sites (tertiary alicyclic amines) is 2. The molecular weight excluding hydrogens is 458 g/mol. The van der Waals surface area contributed by atoms with E-state index >= 15 is 0 Å². The Morgan fingerprint density at radius 3 is 2.26 bits per heavy atom. The third-order valence-corrected chi connectivity index (χ3v) is 7.33. The summed E-state index contributed by atoms with van der Waals surface area (Å²) in [5.41, 5.74) is 8.58. The first kappa shape index (κ1) is 23.1. The van der Waals surface area contributed by atoms with Gasteiger partial charge in [-0.25, -0.2) is 0 Å². The number of rotatable bonds is 4. The zero-order valence-corrected chi connectivity index (χ0v) is 20.3. The Labute approximate surface area is 210 Å². The van der Waals surface area contributed by atoms with Gasteiger partial charge in [0, 0.05) is 49.8 Å². The van der Waals surface area contributed by atoms with Gasteiger partial charge in [-0.15, -0.1) is 0 Å². The van der Waals surface area contributed by atoms with Crippen molar-refractivity contribution in [3.63, 3.8) is 0 Å². The average molecular weight is 488 g/mol. The number of hydrogen-bond donors (Lipinski definition) is 2. The summed E-state index contributed by atoms with van der Waals surface area (Å²) < 4.78 is 1.98. The van der Waals surface area contributed by atoms with Gasteiger partial charge in [0.05, 0.1) is 11.3 Å². The smallest absolute Gasteiger partial charge is 0.255 e. The molecule has 0 bridgehead atoms. The van der Waals surface area contributed by atoms with Crippen LogP contribution in [0.1, 0.15) is 40.0 Å². The fourth-order valence-corrected chi connectivity index (χ4v) is 5.42. The second kappa shape index (κ2) is 9.54. The van der Waals surface area contributed by atoms with Crippen LogP contribution in [0.2, 0.25) is 0 Å². The van der Waals surface area contributed by atoms with Crippen LogP contribution >= 0.6 is 12.2 Å². The van der Waals surface area contributed by atoms with Crippen molar-refractivity contribution < 1.29 is 9.59 Å². The van der Waals surface area contributed by atoms with E-state index in [1.807, 2.05) is 81.4 Å². The SMILES string of the molecule is NC(=S)Nc1cccc(C(=O)N2CCC3(CCN(C(=O)c4ccccc4-n4cccc4)CC3)C2)c1. The average Bonchev–Trinajstić information content (AvgIpc) is 3.55. The monoisotopic (exact) mass is 487 g/mol. The zero-order chi connectivity index (χ0) is 24.4. The minimum atomic E-state index is 0.0209. The predicted octanol–water partition coefficient (Wildman–Crippen LogP) is 3.90. The van der Waals surface area contributed by atoms with Crippen LogP contribution in [-0.2, 0) is 0 Å². The Hall–Kier alpha value is -3.65. The molecule has 1 aromatic heterocycles. The number of benzene rings is 2. The minimum Gasteiger partial charge on any atom is -0.376 e. The Bertz CT molecular complexity index is 1250. The quantitative estimate of drug-likeness (QED) is 0.546. The topological polar surface area (TPSA) is 83.6 Å². The summed E-state index contributed by atoms with van der Waals surface area (Å²) in [4.78, 5) is 30.5. The molecule has 2 fully saturated rings. The summed E-state index contributed by atoms with van der Waals surface area (Å²) in [5.74, 6) is 0.0878. The minimum absolute atomic E-state index is 0.0209. The van der Waals surface area contributed by atoms with Crippen LogP contribution in [0, 0.1) is 5.41 Å². The van der Waals surface area contributed by atoms with E-state index in [1.165, 1.54) is 0 Å². The number of aromatic nitrogens is 1. The van der Waals surface area contributed by atoms with Gasteiger partial charge in [-0.05, 0) is 79.4 Å². The lowest BCUT2D eigenvalue weighted by Gasteiger charge is -2.39. The first-order valence-electron chi connectivity index (χ1n) is 11.9. The first-order chi connectivity index (χ1) is 16.9. The van der Waals surface area contributed by atoms with Gasteiger partial charge in [-0.2, -0.15) is 0 Å². The highest BCUT2D eigenvalue weighted by atomic mass is 32.1. The molecule has 7 nitrogen and oxygen atoms in total. The number of carbonyl (C=O) groups is 2. The summed E-state index contributed by atoms with van der Waals surface area (Å²) in [6, 6.07) is 18.9. The molecule has 2 aliphatic rings. The van der Waals surface area contributed by atoms with E-state index < -0.39 is 0 Å². The fraction of sp³-hybridized carbons (Fsp3) is 0.296. The molecule has 2 aliphatic heterocycles. The lowest BCUT2D eigenvalue weighted by Crippen LogP contribution is -2.44. The van der Waals surface area contributed by atoms with Gasteiger partial charge in [0.25, 0.3) is 11.8 Å². The highest BCUT2D eigenvalue weighted by Crippen LogP contribution is 2.41. The molecule has 1 spiro atoms. The summed E-state index contributed by atoms with van der Waals surface area (Å²) >= 11 is 4.90. The molecule has 0 radical (unpaired) electrons. The molecule has 2 saturated heterocycles. The number of anilines is 1. The van der Waals surface area contributed by atoms with Crippen molar-refractivity contribution in [1.82, 2.24) is 14.4 Å². The lowest BCUT2D eigenvalue weighted by atomic mass is 9.77. The van der Waals surface area contributed by atoms with E-state index in [0.717, 1.165) is 38.0 Å². The van der Waals surface area contributed by atoms with Crippen molar-refractivity contribution >= 4 is 34.8 Å². The van der Waals surface area contributed by atoms with E-state index in [-0.39, 0.29) is 22.3 Å². The van der Waals surface area contributed by atoms with E-state index in [9.17, 15) is 9.59 Å². The largest absolute Gasteiger partial charge is 0.376 e. The maximum Gasteiger partial charge on any atom is 0.255 e. The summed E-state index contributed by atoms with van der Waals surface area (Å²) in [6.07, 6.45) is 6.68. The number of thiocarbonyl (C=S) groups is 1. The van der Waals surface area contributed by atoms with E-state index in [0.29, 0.717) is 29.9 Å². The second-order valence-electron chi connectivity index (χ2n) is 9.45. The van der Waals surface area contributed by atoms with E-state index in [2.05, 4.69) is 5.32 Å². The highest BCUT2D eigenvalue weighted by Gasteiger charge is 2.43. The number of hydrogen-bond acceptors (Lipinski definition) is 3.